The lowest BCUT2D eigenvalue weighted by molar-refractivity contribution is -0.142. The van der Waals surface area contributed by atoms with E-state index in [1.807, 2.05) is 0 Å². The maximum atomic E-state index is 11.8. The van der Waals surface area contributed by atoms with Gasteiger partial charge in [-0.3, -0.25) is 14.4 Å². The Morgan fingerprint density at radius 2 is 1.74 bits per heavy atom. The van der Waals surface area contributed by atoms with Crippen molar-refractivity contribution in [2.45, 2.75) is 38.1 Å². The summed E-state index contributed by atoms with van der Waals surface area (Å²) in [7, 11) is 0. The summed E-state index contributed by atoms with van der Waals surface area (Å²) in [6.07, 6.45) is 1.91. The molecule has 1 saturated heterocycles. The van der Waals surface area contributed by atoms with E-state index < -0.39 is 18.0 Å². The average Bonchev–Trinajstić information content (AvgIpc) is 2.35. The van der Waals surface area contributed by atoms with Crippen molar-refractivity contribution in [3.05, 3.63) is 0 Å². The van der Waals surface area contributed by atoms with Crippen LogP contribution in [-0.2, 0) is 14.4 Å². The number of rotatable bonds is 6. The Morgan fingerprint density at radius 1 is 1.16 bits per heavy atom. The SMILES string of the molecule is NC(CC(=O)O)C(=O)N1CCC(CCC(=O)O)CC1. The van der Waals surface area contributed by atoms with Gasteiger partial charge in [0.2, 0.25) is 5.91 Å². The normalized spacial score (nSPS) is 18.1. The highest BCUT2D eigenvalue weighted by atomic mass is 16.4. The van der Waals surface area contributed by atoms with Gasteiger partial charge in [-0.05, 0) is 25.2 Å². The second kappa shape index (κ2) is 7.08. The van der Waals surface area contributed by atoms with Crippen LogP contribution in [0.3, 0.4) is 0 Å². The third-order valence-electron chi connectivity index (χ3n) is 3.40. The second-order valence-corrected chi connectivity index (χ2v) is 4.91. The Hall–Kier alpha value is -1.63. The van der Waals surface area contributed by atoms with Crippen molar-refractivity contribution in [2.24, 2.45) is 11.7 Å². The van der Waals surface area contributed by atoms with Gasteiger partial charge in [0, 0.05) is 19.5 Å². The minimum Gasteiger partial charge on any atom is -0.481 e. The van der Waals surface area contributed by atoms with Gasteiger partial charge in [-0.2, -0.15) is 0 Å². The number of hydrogen-bond donors (Lipinski definition) is 3. The standard InChI is InChI=1S/C12H20N2O5/c13-9(7-11(17)18)12(19)14-5-3-8(4-6-14)1-2-10(15)16/h8-9H,1-7,13H2,(H,15,16)(H,17,18). The van der Waals surface area contributed by atoms with Crippen LogP contribution in [0.2, 0.25) is 0 Å². The molecule has 1 rings (SSSR count). The lowest BCUT2D eigenvalue weighted by Crippen LogP contribution is -2.47. The summed E-state index contributed by atoms with van der Waals surface area (Å²) in [5.41, 5.74) is 5.53. The first-order valence-corrected chi connectivity index (χ1v) is 6.38. The highest BCUT2D eigenvalue weighted by Gasteiger charge is 2.27. The Labute approximate surface area is 111 Å². The van der Waals surface area contributed by atoms with Gasteiger partial charge < -0.3 is 20.8 Å². The van der Waals surface area contributed by atoms with Crippen LogP contribution in [0.15, 0.2) is 0 Å². The first-order chi connectivity index (χ1) is 8.90. The van der Waals surface area contributed by atoms with Crippen molar-refractivity contribution in [3.8, 4) is 0 Å². The molecule has 19 heavy (non-hydrogen) atoms. The van der Waals surface area contributed by atoms with Crippen molar-refractivity contribution < 1.29 is 24.6 Å². The summed E-state index contributed by atoms with van der Waals surface area (Å²) in [6.45, 7) is 1.05. The molecule has 0 saturated carbocycles. The van der Waals surface area contributed by atoms with Crippen molar-refractivity contribution in [1.82, 2.24) is 4.90 Å². The van der Waals surface area contributed by atoms with Crippen LogP contribution in [0, 0.1) is 5.92 Å². The van der Waals surface area contributed by atoms with Crippen LogP contribution >= 0.6 is 0 Å². The predicted octanol–water partition coefficient (Wildman–Crippen LogP) is -0.108. The van der Waals surface area contributed by atoms with Crippen LogP contribution in [0.5, 0.6) is 0 Å². The summed E-state index contributed by atoms with van der Waals surface area (Å²) in [5.74, 6) is -1.91. The summed E-state index contributed by atoms with van der Waals surface area (Å²) >= 11 is 0. The van der Waals surface area contributed by atoms with Crippen LogP contribution in [-0.4, -0.2) is 52.1 Å². The number of nitrogens with two attached hydrogens (primary N) is 1. The molecule has 0 bridgehead atoms. The molecule has 1 atom stereocenters. The zero-order valence-corrected chi connectivity index (χ0v) is 10.7. The molecule has 0 spiro atoms. The summed E-state index contributed by atoms with van der Waals surface area (Å²) in [6, 6.07) is -0.993. The highest BCUT2D eigenvalue weighted by Crippen LogP contribution is 2.22. The molecule has 4 N–H and O–H groups in total. The van der Waals surface area contributed by atoms with E-state index in [-0.39, 0.29) is 18.7 Å². The number of carbonyl (C=O) groups excluding carboxylic acids is 1. The van der Waals surface area contributed by atoms with Gasteiger partial charge in [0.05, 0.1) is 12.5 Å². The molecule has 0 radical (unpaired) electrons. The Kier molecular flexibility index (Phi) is 5.75. The second-order valence-electron chi connectivity index (χ2n) is 4.91. The van der Waals surface area contributed by atoms with Crippen molar-refractivity contribution >= 4 is 17.8 Å². The molecule has 0 aromatic heterocycles. The molecule has 7 heteroatoms. The molecule has 0 aromatic rings. The fourth-order valence-electron chi connectivity index (χ4n) is 2.28. The topological polar surface area (TPSA) is 121 Å². The van der Waals surface area contributed by atoms with Crippen LogP contribution in [0.1, 0.15) is 32.1 Å². The van der Waals surface area contributed by atoms with E-state index in [9.17, 15) is 14.4 Å². The molecular formula is C12H20N2O5. The lowest BCUT2D eigenvalue weighted by atomic mass is 9.92. The fraction of sp³-hybridized carbons (Fsp3) is 0.750. The quantitative estimate of drug-likeness (QED) is 0.620. The number of likely N-dealkylation sites (tertiary alicyclic amines) is 1. The van der Waals surface area contributed by atoms with Crippen molar-refractivity contribution in [3.63, 3.8) is 0 Å². The van der Waals surface area contributed by atoms with Gasteiger partial charge in [-0.25, -0.2) is 0 Å². The lowest BCUT2D eigenvalue weighted by Gasteiger charge is -2.33. The van der Waals surface area contributed by atoms with E-state index in [1.54, 1.807) is 4.90 Å². The molecule has 7 nitrogen and oxygen atoms in total. The first kappa shape index (κ1) is 15.4. The van der Waals surface area contributed by atoms with Crippen LogP contribution in [0.25, 0.3) is 0 Å². The molecule has 1 fully saturated rings. The molecule has 1 aliphatic rings. The Morgan fingerprint density at radius 3 is 2.21 bits per heavy atom. The van der Waals surface area contributed by atoms with E-state index in [2.05, 4.69) is 0 Å². The van der Waals surface area contributed by atoms with E-state index in [1.165, 1.54) is 0 Å². The molecule has 0 aromatic carbocycles. The number of aliphatic carboxylic acids is 2. The third-order valence-corrected chi connectivity index (χ3v) is 3.40. The smallest absolute Gasteiger partial charge is 0.305 e. The zero-order chi connectivity index (χ0) is 14.4. The van der Waals surface area contributed by atoms with Gasteiger partial charge in [-0.15, -0.1) is 0 Å². The molecular weight excluding hydrogens is 252 g/mol. The molecule has 108 valence electrons. The number of nitrogens with zero attached hydrogens (tertiary/aromatic N) is 1. The summed E-state index contributed by atoms with van der Waals surface area (Å²) in [4.78, 5) is 34.4. The number of carboxylic acid groups (broad SMARTS) is 2. The largest absolute Gasteiger partial charge is 0.481 e. The average molecular weight is 272 g/mol. The number of piperidine rings is 1. The van der Waals surface area contributed by atoms with Crippen LogP contribution in [0.4, 0.5) is 0 Å². The monoisotopic (exact) mass is 272 g/mol. The third kappa shape index (κ3) is 5.25. The predicted molar refractivity (Wildman–Crippen MR) is 66.4 cm³/mol. The molecule has 1 aliphatic heterocycles. The fourth-order valence-corrected chi connectivity index (χ4v) is 2.28. The number of carboxylic acids is 2. The van der Waals surface area contributed by atoms with Crippen LogP contribution < -0.4 is 5.73 Å². The number of hydrogen-bond acceptors (Lipinski definition) is 4. The maximum absolute atomic E-state index is 11.8. The van der Waals surface area contributed by atoms with E-state index in [0.29, 0.717) is 25.4 Å². The van der Waals surface area contributed by atoms with E-state index in [0.717, 1.165) is 12.8 Å². The Bertz CT molecular complexity index is 350. The zero-order valence-electron chi connectivity index (χ0n) is 10.7. The van der Waals surface area contributed by atoms with E-state index >= 15 is 0 Å². The summed E-state index contributed by atoms with van der Waals surface area (Å²) in [5, 5.41) is 17.2. The highest BCUT2D eigenvalue weighted by molar-refractivity contribution is 5.86. The maximum Gasteiger partial charge on any atom is 0.305 e. The minimum atomic E-state index is -1.09. The number of carbonyl (C=O) groups is 3. The van der Waals surface area contributed by atoms with Gasteiger partial charge in [0.15, 0.2) is 0 Å². The molecule has 0 aliphatic carbocycles. The van der Waals surface area contributed by atoms with Crippen molar-refractivity contribution in [1.29, 1.82) is 0 Å². The summed E-state index contributed by atoms with van der Waals surface area (Å²) < 4.78 is 0. The first-order valence-electron chi connectivity index (χ1n) is 6.38. The van der Waals surface area contributed by atoms with Gasteiger partial charge in [0.1, 0.15) is 0 Å². The Balaban J connectivity index is 2.34. The van der Waals surface area contributed by atoms with Gasteiger partial charge >= 0.3 is 11.9 Å². The van der Waals surface area contributed by atoms with Gasteiger partial charge in [0.25, 0.3) is 0 Å². The molecule has 1 unspecified atom stereocenters. The minimum absolute atomic E-state index is 0.150. The molecule has 1 heterocycles. The van der Waals surface area contributed by atoms with Crippen molar-refractivity contribution in [2.75, 3.05) is 13.1 Å². The van der Waals surface area contributed by atoms with Gasteiger partial charge in [-0.1, -0.05) is 0 Å². The van der Waals surface area contributed by atoms with E-state index in [4.69, 9.17) is 15.9 Å². The molecule has 1 amide bonds. The number of amides is 1.